The van der Waals surface area contributed by atoms with Crippen molar-refractivity contribution in [1.82, 2.24) is 9.80 Å². The Hall–Kier alpha value is -0.650. The predicted molar refractivity (Wildman–Crippen MR) is 69.6 cm³/mol. The van der Waals surface area contributed by atoms with Crippen LogP contribution in [0.15, 0.2) is 0 Å². The molecule has 1 amide bonds. The number of amides is 1. The van der Waals surface area contributed by atoms with Crippen LogP contribution < -0.4 is 11.5 Å². The van der Waals surface area contributed by atoms with Crippen molar-refractivity contribution >= 4 is 5.91 Å². The van der Waals surface area contributed by atoms with Crippen molar-refractivity contribution in [3.05, 3.63) is 0 Å². The minimum atomic E-state index is -0.498. The summed E-state index contributed by atoms with van der Waals surface area (Å²) in [6.45, 7) is 9.73. The second-order valence-corrected chi connectivity index (χ2v) is 4.93. The summed E-state index contributed by atoms with van der Waals surface area (Å²) in [5.74, 6) is -0.400. The molecule has 0 saturated carbocycles. The van der Waals surface area contributed by atoms with Crippen molar-refractivity contribution in [2.45, 2.75) is 38.8 Å². The summed E-state index contributed by atoms with van der Waals surface area (Å²) in [6.07, 6.45) is 1.87. The van der Waals surface area contributed by atoms with Crippen LogP contribution in [0.2, 0.25) is 0 Å². The summed E-state index contributed by atoms with van der Waals surface area (Å²) >= 11 is 0. The topological polar surface area (TPSA) is 75.6 Å². The average molecular weight is 242 g/mol. The van der Waals surface area contributed by atoms with Gasteiger partial charge in [0.1, 0.15) is 0 Å². The van der Waals surface area contributed by atoms with E-state index in [2.05, 4.69) is 23.6 Å². The minimum Gasteiger partial charge on any atom is -0.368 e. The molecule has 1 aliphatic rings. The lowest BCUT2D eigenvalue weighted by atomic mass is 10.1. The summed E-state index contributed by atoms with van der Waals surface area (Å²) in [4.78, 5) is 15.7. The van der Waals surface area contributed by atoms with Gasteiger partial charge in [-0.1, -0.05) is 6.92 Å². The fourth-order valence-electron chi connectivity index (χ4n) is 2.15. The molecule has 1 heterocycles. The van der Waals surface area contributed by atoms with E-state index in [4.69, 9.17) is 11.5 Å². The van der Waals surface area contributed by atoms with Crippen LogP contribution in [-0.4, -0.2) is 60.5 Å². The van der Waals surface area contributed by atoms with Gasteiger partial charge >= 0.3 is 0 Å². The normalized spacial score (nSPS) is 22.3. The Morgan fingerprint density at radius 2 is 1.88 bits per heavy atom. The van der Waals surface area contributed by atoms with Crippen molar-refractivity contribution < 1.29 is 4.79 Å². The van der Waals surface area contributed by atoms with Crippen LogP contribution in [-0.2, 0) is 4.79 Å². The minimum absolute atomic E-state index is 0.400. The van der Waals surface area contributed by atoms with E-state index < -0.39 is 11.9 Å². The predicted octanol–water partition coefficient (Wildman–Crippen LogP) is -0.395. The largest absolute Gasteiger partial charge is 0.368 e. The Bertz CT molecular complexity index is 239. The summed E-state index contributed by atoms with van der Waals surface area (Å²) in [6, 6.07) is 0.174. The number of nitrogens with two attached hydrogens (primary N) is 2. The fourth-order valence-corrected chi connectivity index (χ4v) is 2.15. The molecule has 0 bridgehead atoms. The Labute approximate surface area is 104 Å². The summed E-state index contributed by atoms with van der Waals surface area (Å²) in [5, 5.41) is 0. The molecule has 0 aromatic rings. The highest BCUT2D eigenvalue weighted by molar-refractivity contribution is 5.79. The fraction of sp³-hybridized carbons (Fsp3) is 0.917. The molecule has 0 radical (unpaired) electrons. The third-order valence-electron chi connectivity index (χ3n) is 3.74. The maximum Gasteiger partial charge on any atom is 0.234 e. The van der Waals surface area contributed by atoms with Gasteiger partial charge in [-0.05, 0) is 19.8 Å². The second-order valence-electron chi connectivity index (χ2n) is 4.93. The van der Waals surface area contributed by atoms with Crippen molar-refractivity contribution in [3.63, 3.8) is 0 Å². The van der Waals surface area contributed by atoms with Crippen molar-refractivity contribution in [2.24, 2.45) is 11.5 Å². The molecular weight excluding hydrogens is 216 g/mol. The van der Waals surface area contributed by atoms with Gasteiger partial charge in [0.15, 0.2) is 0 Å². The van der Waals surface area contributed by atoms with Gasteiger partial charge in [0, 0.05) is 38.8 Å². The lowest BCUT2D eigenvalue weighted by molar-refractivity contribution is -0.119. The molecule has 2 unspecified atom stereocenters. The molecule has 4 N–H and O–H groups in total. The zero-order chi connectivity index (χ0) is 12.8. The van der Waals surface area contributed by atoms with Gasteiger partial charge in [-0.3, -0.25) is 9.69 Å². The number of hydrogen-bond donors (Lipinski definition) is 2. The maximum absolute atomic E-state index is 10.8. The Kier molecular flexibility index (Phi) is 5.88. The molecule has 100 valence electrons. The van der Waals surface area contributed by atoms with Gasteiger partial charge in [-0.2, -0.15) is 0 Å². The molecule has 5 heteroatoms. The lowest BCUT2D eigenvalue weighted by Gasteiger charge is -2.38. The zero-order valence-corrected chi connectivity index (χ0v) is 11.1. The van der Waals surface area contributed by atoms with Crippen LogP contribution in [0.3, 0.4) is 0 Å². The van der Waals surface area contributed by atoms with E-state index in [9.17, 15) is 4.79 Å². The van der Waals surface area contributed by atoms with Crippen molar-refractivity contribution in [2.75, 3.05) is 32.7 Å². The molecule has 1 fully saturated rings. The van der Waals surface area contributed by atoms with Gasteiger partial charge in [0.05, 0.1) is 6.04 Å². The first kappa shape index (κ1) is 14.4. The standard InChI is InChI=1S/C12H26N4O/c1-3-10(2)16-8-6-15(7-9-16)5-4-11(13)12(14)17/h10-11H,3-9,13H2,1-2H3,(H2,14,17). The summed E-state index contributed by atoms with van der Waals surface area (Å²) in [7, 11) is 0. The molecule has 17 heavy (non-hydrogen) atoms. The monoisotopic (exact) mass is 242 g/mol. The Balaban J connectivity index is 2.21. The average Bonchev–Trinajstić information content (AvgIpc) is 2.35. The first-order valence-corrected chi connectivity index (χ1v) is 6.56. The SMILES string of the molecule is CCC(C)N1CCN(CCC(N)C(N)=O)CC1. The second kappa shape index (κ2) is 6.93. The van der Waals surface area contributed by atoms with Gasteiger partial charge in [-0.25, -0.2) is 0 Å². The van der Waals surface area contributed by atoms with Crippen LogP contribution >= 0.6 is 0 Å². The molecule has 0 aliphatic carbocycles. The number of piperazine rings is 1. The molecule has 0 aromatic carbocycles. The molecular formula is C12H26N4O. The lowest BCUT2D eigenvalue weighted by Crippen LogP contribution is -2.50. The van der Waals surface area contributed by atoms with E-state index >= 15 is 0 Å². The molecule has 5 nitrogen and oxygen atoms in total. The molecule has 0 spiro atoms. The molecule has 1 saturated heterocycles. The Morgan fingerprint density at radius 1 is 1.29 bits per heavy atom. The first-order chi connectivity index (χ1) is 8.04. The van der Waals surface area contributed by atoms with Gasteiger partial charge in [0.2, 0.25) is 5.91 Å². The highest BCUT2D eigenvalue weighted by atomic mass is 16.1. The smallest absolute Gasteiger partial charge is 0.234 e. The van der Waals surface area contributed by atoms with Crippen LogP contribution in [0, 0.1) is 0 Å². The van der Waals surface area contributed by atoms with Crippen LogP contribution in [0.25, 0.3) is 0 Å². The van der Waals surface area contributed by atoms with E-state index in [-0.39, 0.29) is 0 Å². The van der Waals surface area contributed by atoms with E-state index in [1.807, 2.05) is 0 Å². The molecule has 1 aliphatic heterocycles. The number of hydrogen-bond acceptors (Lipinski definition) is 4. The molecule has 1 rings (SSSR count). The third kappa shape index (κ3) is 4.61. The van der Waals surface area contributed by atoms with Crippen LogP contribution in [0.1, 0.15) is 26.7 Å². The highest BCUT2D eigenvalue weighted by Gasteiger charge is 2.20. The molecule has 2 atom stereocenters. The van der Waals surface area contributed by atoms with Crippen LogP contribution in [0.5, 0.6) is 0 Å². The summed E-state index contributed by atoms with van der Waals surface area (Å²) in [5.41, 5.74) is 10.8. The Morgan fingerprint density at radius 3 is 2.35 bits per heavy atom. The number of carbonyl (C=O) groups is 1. The third-order valence-corrected chi connectivity index (χ3v) is 3.74. The number of rotatable bonds is 6. The van der Waals surface area contributed by atoms with Crippen LogP contribution in [0.4, 0.5) is 0 Å². The van der Waals surface area contributed by atoms with E-state index in [1.165, 1.54) is 6.42 Å². The van der Waals surface area contributed by atoms with E-state index in [0.717, 1.165) is 32.7 Å². The van der Waals surface area contributed by atoms with Gasteiger partial charge in [0.25, 0.3) is 0 Å². The van der Waals surface area contributed by atoms with E-state index in [0.29, 0.717) is 12.5 Å². The van der Waals surface area contributed by atoms with Gasteiger partial charge in [-0.15, -0.1) is 0 Å². The molecule has 0 aromatic heterocycles. The number of nitrogens with zero attached hydrogens (tertiary/aromatic N) is 2. The van der Waals surface area contributed by atoms with Crippen molar-refractivity contribution in [3.8, 4) is 0 Å². The first-order valence-electron chi connectivity index (χ1n) is 6.56. The van der Waals surface area contributed by atoms with E-state index in [1.54, 1.807) is 0 Å². The highest BCUT2D eigenvalue weighted by Crippen LogP contribution is 2.09. The van der Waals surface area contributed by atoms with Gasteiger partial charge < -0.3 is 16.4 Å². The number of carbonyl (C=O) groups excluding carboxylic acids is 1. The zero-order valence-electron chi connectivity index (χ0n) is 11.1. The maximum atomic E-state index is 10.8. The quantitative estimate of drug-likeness (QED) is 0.665. The van der Waals surface area contributed by atoms with Crippen molar-refractivity contribution in [1.29, 1.82) is 0 Å². The summed E-state index contributed by atoms with van der Waals surface area (Å²) < 4.78 is 0. The number of primary amides is 1.